The van der Waals surface area contributed by atoms with Crippen molar-refractivity contribution in [2.45, 2.75) is 13.1 Å². The normalized spacial score (nSPS) is 10.6. The highest BCUT2D eigenvalue weighted by atomic mass is 127. The smallest absolute Gasteiger partial charge is 0.254 e. The molecule has 0 atom stereocenters. The van der Waals surface area contributed by atoms with Crippen LogP contribution in [0.25, 0.3) is 0 Å². The van der Waals surface area contributed by atoms with Crippen LogP contribution in [-0.2, 0) is 13.1 Å². The summed E-state index contributed by atoms with van der Waals surface area (Å²) in [6.07, 6.45) is 1.63. The Balaban J connectivity index is 1.83. The first-order valence-corrected chi connectivity index (χ1v) is 8.78. The molecule has 0 aliphatic carbocycles. The summed E-state index contributed by atoms with van der Waals surface area (Å²) in [6, 6.07) is 15.4. The maximum absolute atomic E-state index is 12.8. The Hall–Kier alpha value is -1.60. The first-order valence-electron chi connectivity index (χ1n) is 6.82. The number of halogens is 1. The number of rotatable bonds is 5. The lowest BCUT2D eigenvalue weighted by atomic mass is 10.2. The summed E-state index contributed by atoms with van der Waals surface area (Å²) >= 11 is 3.89. The molecule has 0 aliphatic heterocycles. The summed E-state index contributed by atoms with van der Waals surface area (Å²) in [5, 5.41) is 2.02. The first kappa shape index (κ1) is 15.3. The zero-order valence-electron chi connectivity index (χ0n) is 11.7. The van der Waals surface area contributed by atoms with Gasteiger partial charge in [0.25, 0.3) is 5.91 Å². The van der Waals surface area contributed by atoms with Gasteiger partial charge >= 0.3 is 0 Å². The van der Waals surface area contributed by atoms with E-state index in [0.29, 0.717) is 18.7 Å². The second-order valence-corrected chi connectivity index (χ2v) is 7.10. The molecular formula is C17H14INO2S. The quantitative estimate of drug-likeness (QED) is 0.553. The van der Waals surface area contributed by atoms with Crippen LogP contribution in [0.3, 0.4) is 0 Å². The van der Waals surface area contributed by atoms with Gasteiger partial charge in [0.2, 0.25) is 0 Å². The molecule has 3 rings (SSSR count). The number of furan rings is 1. The highest BCUT2D eigenvalue weighted by molar-refractivity contribution is 14.1. The summed E-state index contributed by atoms with van der Waals surface area (Å²) in [5.74, 6) is 0.802. The van der Waals surface area contributed by atoms with Gasteiger partial charge in [0, 0.05) is 14.0 Å². The SMILES string of the molecule is O=C(c1ccc(I)cc1)N(Cc1ccco1)Cc1cccs1. The predicted molar refractivity (Wildman–Crippen MR) is 95.8 cm³/mol. The Morgan fingerprint density at radius 1 is 1.09 bits per heavy atom. The van der Waals surface area contributed by atoms with Gasteiger partial charge in [-0.15, -0.1) is 11.3 Å². The van der Waals surface area contributed by atoms with Crippen LogP contribution < -0.4 is 0 Å². The lowest BCUT2D eigenvalue weighted by molar-refractivity contribution is 0.0719. The second-order valence-electron chi connectivity index (χ2n) is 4.83. The fourth-order valence-corrected chi connectivity index (χ4v) is 3.23. The van der Waals surface area contributed by atoms with Crippen molar-refractivity contribution in [2.75, 3.05) is 0 Å². The lowest BCUT2D eigenvalue weighted by Crippen LogP contribution is -2.29. The molecule has 0 saturated heterocycles. The van der Waals surface area contributed by atoms with E-state index in [1.54, 1.807) is 17.6 Å². The van der Waals surface area contributed by atoms with Crippen molar-refractivity contribution in [3.8, 4) is 0 Å². The van der Waals surface area contributed by atoms with E-state index in [9.17, 15) is 4.79 Å². The van der Waals surface area contributed by atoms with Gasteiger partial charge in [0.15, 0.2) is 0 Å². The number of hydrogen-bond acceptors (Lipinski definition) is 3. The molecule has 0 N–H and O–H groups in total. The Bertz CT molecular complexity index is 684. The van der Waals surface area contributed by atoms with Crippen molar-refractivity contribution < 1.29 is 9.21 Å². The largest absolute Gasteiger partial charge is 0.467 e. The number of carbonyl (C=O) groups is 1. The average molecular weight is 423 g/mol. The molecule has 0 bridgehead atoms. The number of nitrogens with zero attached hydrogens (tertiary/aromatic N) is 1. The maximum atomic E-state index is 12.8. The van der Waals surface area contributed by atoms with Gasteiger partial charge in [0.1, 0.15) is 5.76 Å². The van der Waals surface area contributed by atoms with E-state index in [-0.39, 0.29) is 5.91 Å². The molecule has 0 radical (unpaired) electrons. The van der Waals surface area contributed by atoms with Crippen LogP contribution in [-0.4, -0.2) is 10.8 Å². The van der Waals surface area contributed by atoms with Crippen molar-refractivity contribution >= 4 is 39.8 Å². The summed E-state index contributed by atoms with van der Waals surface area (Å²) in [6.45, 7) is 1.05. The zero-order chi connectivity index (χ0) is 15.4. The Morgan fingerprint density at radius 2 is 1.91 bits per heavy atom. The minimum absolute atomic E-state index is 0.0150. The van der Waals surface area contributed by atoms with Gasteiger partial charge in [-0.2, -0.15) is 0 Å². The van der Waals surface area contributed by atoms with Crippen LogP contribution in [0, 0.1) is 3.57 Å². The van der Waals surface area contributed by atoms with Gasteiger partial charge < -0.3 is 9.32 Å². The topological polar surface area (TPSA) is 33.5 Å². The van der Waals surface area contributed by atoms with Gasteiger partial charge in [-0.25, -0.2) is 0 Å². The number of amides is 1. The first-order chi connectivity index (χ1) is 10.7. The number of thiophene rings is 1. The zero-order valence-corrected chi connectivity index (χ0v) is 14.7. The van der Waals surface area contributed by atoms with E-state index >= 15 is 0 Å². The summed E-state index contributed by atoms with van der Waals surface area (Å²) in [7, 11) is 0. The van der Waals surface area contributed by atoms with Gasteiger partial charge in [-0.05, 0) is 70.4 Å². The van der Waals surface area contributed by atoms with Crippen LogP contribution in [0.1, 0.15) is 21.0 Å². The Kier molecular flexibility index (Phi) is 4.94. The predicted octanol–water partition coefficient (Wildman–Crippen LogP) is 4.79. The second kappa shape index (κ2) is 7.11. The molecular weight excluding hydrogens is 409 g/mol. The lowest BCUT2D eigenvalue weighted by Gasteiger charge is -2.21. The highest BCUT2D eigenvalue weighted by Gasteiger charge is 2.18. The molecule has 3 nitrogen and oxygen atoms in total. The minimum atomic E-state index is 0.0150. The van der Waals surface area contributed by atoms with E-state index in [1.807, 2.05) is 58.8 Å². The van der Waals surface area contributed by atoms with E-state index in [0.717, 1.165) is 14.2 Å². The molecule has 3 aromatic rings. The van der Waals surface area contributed by atoms with Gasteiger partial charge in [-0.1, -0.05) is 6.07 Å². The van der Waals surface area contributed by atoms with Crippen LogP contribution in [0.2, 0.25) is 0 Å². The Morgan fingerprint density at radius 3 is 2.55 bits per heavy atom. The molecule has 112 valence electrons. The third-order valence-corrected chi connectivity index (χ3v) is 4.81. The summed E-state index contributed by atoms with van der Waals surface area (Å²) in [5.41, 5.74) is 0.698. The van der Waals surface area contributed by atoms with Crippen molar-refractivity contribution in [2.24, 2.45) is 0 Å². The standard InChI is InChI=1S/C17H14INO2S/c18-14-7-5-13(6-8-14)17(20)19(11-15-3-1-9-21-15)12-16-4-2-10-22-16/h1-10H,11-12H2. The van der Waals surface area contributed by atoms with Crippen LogP contribution >= 0.6 is 33.9 Å². The van der Waals surface area contributed by atoms with Crippen LogP contribution in [0.15, 0.2) is 64.6 Å². The monoisotopic (exact) mass is 423 g/mol. The summed E-state index contributed by atoms with van der Waals surface area (Å²) < 4.78 is 6.51. The van der Waals surface area contributed by atoms with E-state index < -0.39 is 0 Å². The maximum Gasteiger partial charge on any atom is 0.254 e. The van der Waals surface area contributed by atoms with E-state index in [1.165, 1.54) is 0 Å². The van der Waals surface area contributed by atoms with E-state index in [2.05, 4.69) is 22.6 Å². The molecule has 0 saturated carbocycles. The van der Waals surface area contributed by atoms with E-state index in [4.69, 9.17) is 4.42 Å². The molecule has 1 aromatic carbocycles. The summed E-state index contributed by atoms with van der Waals surface area (Å²) in [4.78, 5) is 15.8. The third-order valence-electron chi connectivity index (χ3n) is 3.23. The third kappa shape index (κ3) is 3.78. The minimum Gasteiger partial charge on any atom is -0.467 e. The van der Waals surface area contributed by atoms with Gasteiger partial charge in [0.05, 0.1) is 19.4 Å². The molecule has 5 heteroatoms. The van der Waals surface area contributed by atoms with Crippen molar-refractivity contribution in [3.05, 3.63) is 79.9 Å². The fraction of sp³-hybridized carbons (Fsp3) is 0.118. The van der Waals surface area contributed by atoms with Crippen molar-refractivity contribution in [3.63, 3.8) is 0 Å². The molecule has 0 aliphatic rings. The van der Waals surface area contributed by atoms with Gasteiger partial charge in [-0.3, -0.25) is 4.79 Å². The fourth-order valence-electron chi connectivity index (χ4n) is 2.16. The molecule has 1 amide bonds. The number of carbonyl (C=O) groups excluding carboxylic acids is 1. The molecule has 0 fully saturated rings. The van der Waals surface area contributed by atoms with Crippen LogP contribution in [0.5, 0.6) is 0 Å². The van der Waals surface area contributed by atoms with Crippen LogP contribution in [0.4, 0.5) is 0 Å². The number of benzene rings is 1. The average Bonchev–Trinajstić information content (AvgIpc) is 3.20. The Labute approximate surface area is 146 Å². The highest BCUT2D eigenvalue weighted by Crippen LogP contribution is 2.18. The molecule has 0 unspecified atom stereocenters. The van der Waals surface area contributed by atoms with Crippen molar-refractivity contribution in [1.29, 1.82) is 0 Å². The molecule has 22 heavy (non-hydrogen) atoms. The number of hydrogen-bond donors (Lipinski definition) is 0. The molecule has 0 spiro atoms. The molecule has 2 aromatic heterocycles. The molecule has 2 heterocycles. The van der Waals surface area contributed by atoms with Crippen molar-refractivity contribution in [1.82, 2.24) is 4.90 Å².